The van der Waals surface area contributed by atoms with E-state index in [1.807, 2.05) is 32.0 Å². The number of hydrogen-bond acceptors (Lipinski definition) is 7. The van der Waals surface area contributed by atoms with Gasteiger partial charge in [0.2, 0.25) is 0 Å². The third-order valence-electron chi connectivity index (χ3n) is 6.03. The molecular formula is C35H38O7. The van der Waals surface area contributed by atoms with Crippen LogP contribution < -0.4 is 18.9 Å². The van der Waals surface area contributed by atoms with Crippen molar-refractivity contribution >= 4 is 17.9 Å². The molecule has 0 aromatic heterocycles. The summed E-state index contributed by atoms with van der Waals surface area (Å²) < 4.78 is 22.8. The van der Waals surface area contributed by atoms with E-state index in [1.54, 1.807) is 63.2 Å². The van der Waals surface area contributed by atoms with E-state index < -0.39 is 11.9 Å². The standard InChI is InChI=1S/C35H38O7/c1-8-9-18-39-31-20-30(26-12-16-28(17-13-26)41-35(38)24(6)7)32(42-33(36)19-22(2)3)21-29(31)25-10-14-27(15-11-25)40-34(37)23(4)5/h10-17,19-21,23H,6,8-9,18H2,1-5,7H3. The Morgan fingerprint density at radius 3 is 1.81 bits per heavy atom. The van der Waals surface area contributed by atoms with Gasteiger partial charge in [0.1, 0.15) is 23.0 Å². The first-order valence-corrected chi connectivity index (χ1v) is 14.0. The topological polar surface area (TPSA) is 88.1 Å². The molecular weight excluding hydrogens is 532 g/mol. The highest BCUT2D eigenvalue weighted by Gasteiger charge is 2.19. The number of ether oxygens (including phenoxy) is 4. The van der Waals surface area contributed by atoms with Gasteiger partial charge in [-0.05, 0) is 74.7 Å². The number of unbranched alkanes of at least 4 members (excludes halogenated alkanes) is 1. The molecule has 7 heteroatoms. The van der Waals surface area contributed by atoms with Crippen molar-refractivity contribution in [2.75, 3.05) is 6.61 Å². The maximum atomic E-state index is 12.7. The van der Waals surface area contributed by atoms with Gasteiger partial charge in [-0.15, -0.1) is 0 Å². The maximum absolute atomic E-state index is 12.7. The number of rotatable bonds is 12. The lowest BCUT2D eigenvalue weighted by Crippen LogP contribution is -2.14. The lowest BCUT2D eigenvalue weighted by atomic mass is 9.97. The van der Waals surface area contributed by atoms with E-state index in [4.69, 9.17) is 18.9 Å². The molecule has 0 saturated carbocycles. The van der Waals surface area contributed by atoms with Gasteiger partial charge in [0.25, 0.3) is 0 Å². The Hall–Kier alpha value is -4.65. The summed E-state index contributed by atoms with van der Waals surface area (Å²) in [6, 6.07) is 17.6. The molecule has 0 saturated heterocycles. The van der Waals surface area contributed by atoms with E-state index >= 15 is 0 Å². The van der Waals surface area contributed by atoms with Crippen LogP contribution in [0.4, 0.5) is 0 Å². The number of allylic oxidation sites excluding steroid dienone is 1. The van der Waals surface area contributed by atoms with Crippen LogP contribution in [0.15, 0.2) is 84.5 Å². The van der Waals surface area contributed by atoms with Crippen LogP contribution in [0.5, 0.6) is 23.0 Å². The van der Waals surface area contributed by atoms with Crippen LogP contribution in [0.3, 0.4) is 0 Å². The average molecular weight is 571 g/mol. The summed E-state index contributed by atoms with van der Waals surface area (Å²) in [5, 5.41) is 0. The monoisotopic (exact) mass is 570 g/mol. The van der Waals surface area contributed by atoms with Gasteiger partial charge in [-0.3, -0.25) is 4.79 Å². The molecule has 0 radical (unpaired) electrons. The molecule has 0 amide bonds. The number of hydrogen-bond donors (Lipinski definition) is 0. The van der Waals surface area contributed by atoms with Crippen molar-refractivity contribution in [2.24, 2.45) is 5.92 Å². The third-order valence-corrected chi connectivity index (χ3v) is 6.03. The first kappa shape index (κ1) is 31.9. The SMILES string of the molecule is C=C(C)C(=O)Oc1ccc(-c2cc(OCCCC)c(-c3ccc(OC(=O)C(C)C)cc3)cc2OC(=O)C=C(C)C)cc1. The van der Waals surface area contributed by atoms with Crippen LogP contribution in [-0.2, 0) is 14.4 Å². The van der Waals surface area contributed by atoms with E-state index in [-0.39, 0.29) is 11.9 Å². The van der Waals surface area contributed by atoms with E-state index in [0.717, 1.165) is 29.5 Å². The minimum Gasteiger partial charge on any atom is -0.493 e. The Bertz CT molecular complexity index is 1460. The van der Waals surface area contributed by atoms with Crippen LogP contribution >= 0.6 is 0 Å². The predicted octanol–water partition coefficient (Wildman–Crippen LogP) is 8.11. The molecule has 0 aliphatic rings. The highest BCUT2D eigenvalue weighted by molar-refractivity contribution is 5.90. The molecule has 0 heterocycles. The minimum atomic E-state index is -0.514. The average Bonchev–Trinajstić information content (AvgIpc) is 2.94. The number of esters is 3. The second-order valence-electron chi connectivity index (χ2n) is 10.5. The van der Waals surface area contributed by atoms with Crippen molar-refractivity contribution in [3.05, 3.63) is 84.5 Å². The first-order chi connectivity index (χ1) is 20.0. The van der Waals surface area contributed by atoms with E-state index in [9.17, 15) is 14.4 Å². The van der Waals surface area contributed by atoms with Crippen LogP contribution in [0.2, 0.25) is 0 Å². The van der Waals surface area contributed by atoms with Crippen molar-refractivity contribution in [3.8, 4) is 45.3 Å². The molecule has 3 aromatic rings. The third kappa shape index (κ3) is 8.93. The molecule has 0 aliphatic heterocycles. The molecule has 42 heavy (non-hydrogen) atoms. The normalized spacial score (nSPS) is 10.5. The van der Waals surface area contributed by atoms with Gasteiger partial charge in [0, 0.05) is 22.8 Å². The Morgan fingerprint density at radius 1 is 0.786 bits per heavy atom. The summed E-state index contributed by atoms with van der Waals surface area (Å²) in [4.78, 5) is 36.7. The molecule has 3 aromatic carbocycles. The summed E-state index contributed by atoms with van der Waals surface area (Å²) in [5.74, 6) is 0.146. The molecule has 0 unspecified atom stereocenters. The fraction of sp³-hybridized carbons (Fsp3) is 0.286. The van der Waals surface area contributed by atoms with Crippen molar-refractivity contribution in [2.45, 2.75) is 54.4 Å². The lowest BCUT2D eigenvalue weighted by molar-refractivity contribution is -0.137. The smallest absolute Gasteiger partial charge is 0.338 e. The molecule has 0 aliphatic carbocycles. The van der Waals surface area contributed by atoms with E-state index in [1.165, 1.54) is 6.08 Å². The van der Waals surface area contributed by atoms with Crippen LogP contribution in [0.25, 0.3) is 22.3 Å². The number of carbonyl (C=O) groups excluding carboxylic acids is 3. The summed E-state index contributed by atoms with van der Waals surface area (Å²) in [7, 11) is 0. The van der Waals surface area contributed by atoms with Crippen LogP contribution in [0.1, 0.15) is 54.4 Å². The highest BCUT2D eigenvalue weighted by atomic mass is 16.5. The van der Waals surface area contributed by atoms with Crippen LogP contribution in [-0.4, -0.2) is 24.5 Å². The highest BCUT2D eigenvalue weighted by Crippen LogP contribution is 2.42. The number of carbonyl (C=O) groups is 3. The molecule has 220 valence electrons. The van der Waals surface area contributed by atoms with Crippen molar-refractivity contribution in [3.63, 3.8) is 0 Å². The van der Waals surface area contributed by atoms with Crippen molar-refractivity contribution in [1.82, 2.24) is 0 Å². The molecule has 7 nitrogen and oxygen atoms in total. The molecule has 0 bridgehead atoms. The Labute approximate surface area is 247 Å². The van der Waals surface area contributed by atoms with Crippen LogP contribution in [0, 0.1) is 5.92 Å². The lowest BCUT2D eigenvalue weighted by Gasteiger charge is -2.18. The van der Waals surface area contributed by atoms with Crippen molar-refractivity contribution < 1.29 is 33.3 Å². The summed E-state index contributed by atoms with van der Waals surface area (Å²) >= 11 is 0. The van der Waals surface area contributed by atoms with Crippen molar-refractivity contribution in [1.29, 1.82) is 0 Å². The van der Waals surface area contributed by atoms with Gasteiger partial charge >= 0.3 is 17.9 Å². The summed E-state index contributed by atoms with van der Waals surface area (Å²) in [5.41, 5.74) is 3.95. The van der Waals surface area contributed by atoms with Gasteiger partial charge in [0.15, 0.2) is 0 Å². The molecule has 0 atom stereocenters. The maximum Gasteiger partial charge on any atom is 0.338 e. The van der Waals surface area contributed by atoms with Gasteiger partial charge in [-0.25, -0.2) is 9.59 Å². The van der Waals surface area contributed by atoms with E-state index in [0.29, 0.717) is 46.3 Å². The largest absolute Gasteiger partial charge is 0.493 e. The summed E-state index contributed by atoms with van der Waals surface area (Å²) in [6.45, 7) is 15.0. The zero-order valence-corrected chi connectivity index (χ0v) is 25.1. The van der Waals surface area contributed by atoms with Gasteiger partial charge < -0.3 is 18.9 Å². The fourth-order valence-electron chi connectivity index (χ4n) is 3.75. The zero-order valence-electron chi connectivity index (χ0n) is 25.1. The van der Waals surface area contributed by atoms with E-state index in [2.05, 4.69) is 13.5 Å². The first-order valence-electron chi connectivity index (χ1n) is 14.0. The second kappa shape index (κ2) is 14.8. The Balaban J connectivity index is 2.11. The molecule has 0 fully saturated rings. The Kier molecular flexibility index (Phi) is 11.3. The van der Waals surface area contributed by atoms with Gasteiger partial charge in [0.05, 0.1) is 12.5 Å². The summed E-state index contributed by atoms with van der Waals surface area (Å²) in [6.07, 6.45) is 3.24. The fourth-order valence-corrected chi connectivity index (χ4v) is 3.75. The second-order valence-corrected chi connectivity index (χ2v) is 10.5. The van der Waals surface area contributed by atoms with Gasteiger partial charge in [-0.1, -0.05) is 63.6 Å². The molecule has 0 N–H and O–H groups in total. The zero-order chi connectivity index (χ0) is 30.8. The number of benzene rings is 3. The minimum absolute atomic E-state index is 0.249. The quantitative estimate of drug-likeness (QED) is 0.0940. The molecule has 0 spiro atoms. The molecule has 3 rings (SSSR count). The predicted molar refractivity (Wildman–Crippen MR) is 164 cm³/mol. The van der Waals surface area contributed by atoms with Gasteiger partial charge in [-0.2, -0.15) is 0 Å². The Morgan fingerprint density at radius 2 is 1.31 bits per heavy atom.